The van der Waals surface area contributed by atoms with Gasteiger partial charge >= 0.3 is 0 Å². The second-order valence-electron chi connectivity index (χ2n) is 6.27. The molecule has 0 amide bonds. The van der Waals surface area contributed by atoms with Crippen LogP contribution < -0.4 is 4.74 Å². The van der Waals surface area contributed by atoms with Crippen LogP contribution in [0.3, 0.4) is 0 Å². The summed E-state index contributed by atoms with van der Waals surface area (Å²) in [7, 11) is 1.68. The maximum Gasteiger partial charge on any atom is 0.123 e. The molecule has 0 N–H and O–H groups in total. The first-order valence-electron chi connectivity index (χ1n) is 6.85. The van der Waals surface area contributed by atoms with Gasteiger partial charge in [0.25, 0.3) is 0 Å². The number of nitriles is 1. The fourth-order valence-corrected chi connectivity index (χ4v) is 3.47. The number of rotatable bonds is 2. The van der Waals surface area contributed by atoms with Crippen LogP contribution in [0, 0.1) is 17.2 Å². The van der Waals surface area contributed by atoms with Crippen LogP contribution in [-0.2, 0) is 0 Å². The number of hydrogen-bond donors (Lipinski definition) is 0. The van der Waals surface area contributed by atoms with E-state index in [2.05, 4.69) is 47.7 Å². The Balaban J connectivity index is 2.40. The van der Waals surface area contributed by atoms with Gasteiger partial charge < -0.3 is 4.74 Å². The van der Waals surface area contributed by atoms with E-state index in [1.54, 1.807) is 7.11 Å². The van der Waals surface area contributed by atoms with Gasteiger partial charge in [0.15, 0.2) is 0 Å². The van der Waals surface area contributed by atoms with Crippen molar-refractivity contribution in [2.24, 2.45) is 5.92 Å². The third-order valence-electron chi connectivity index (χ3n) is 4.04. The van der Waals surface area contributed by atoms with Gasteiger partial charge in [-0.2, -0.15) is 5.26 Å². The highest BCUT2D eigenvalue weighted by Crippen LogP contribution is 2.42. The molecule has 0 saturated carbocycles. The number of halogens is 1. The standard InChI is InChI=1S/C16H21BrN2O/c1-16(2,3)19-9-11(8-18)12(10-19)15-13(17)6-5-7-14(15)20-4/h5-7,11-12H,9-10H2,1-4H3/t11-,12-/m0/s1. The Kier molecular flexibility index (Phi) is 4.41. The van der Waals surface area contributed by atoms with Crippen molar-refractivity contribution >= 4 is 15.9 Å². The molecule has 1 saturated heterocycles. The van der Waals surface area contributed by atoms with Crippen molar-refractivity contribution in [2.75, 3.05) is 20.2 Å². The van der Waals surface area contributed by atoms with Gasteiger partial charge in [-0.05, 0) is 32.9 Å². The molecule has 0 aromatic heterocycles. The molecule has 4 heteroatoms. The molecule has 20 heavy (non-hydrogen) atoms. The second-order valence-corrected chi connectivity index (χ2v) is 7.13. The van der Waals surface area contributed by atoms with Crippen LogP contribution in [0.25, 0.3) is 0 Å². The SMILES string of the molecule is COc1cccc(Br)c1[C@H]1CN(C(C)(C)C)C[C@@H]1C#N. The fourth-order valence-electron chi connectivity index (χ4n) is 2.83. The van der Waals surface area contributed by atoms with Gasteiger partial charge in [0.1, 0.15) is 5.75 Å². The van der Waals surface area contributed by atoms with E-state index < -0.39 is 0 Å². The molecule has 3 nitrogen and oxygen atoms in total. The number of likely N-dealkylation sites (tertiary alicyclic amines) is 1. The van der Waals surface area contributed by atoms with Crippen LogP contribution in [0.2, 0.25) is 0 Å². The minimum atomic E-state index is 0.00169. The zero-order valence-electron chi connectivity index (χ0n) is 12.5. The normalized spacial score (nSPS) is 23.6. The van der Waals surface area contributed by atoms with Crippen molar-refractivity contribution in [3.63, 3.8) is 0 Å². The van der Waals surface area contributed by atoms with Gasteiger partial charge in [-0.3, -0.25) is 4.90 Å². The van der Waals surface area contributed by atoms with E-state index in [1.807, 2.05) is 18.2 Å². The maximum atomic E-state index is 9.50. The zero-order valence-corrected chi connectivity index (χ0v) is 14.1. The molecule has 0 unspecified atom stereocenters. The Morgan fingerprint density at radius 2 is 2.05 bits per heavy atom. The smallest absolute Gasteiger partial charge is 0.123 e. The first-order chi connectivity index (χ1) is 9.38. The number of nitrogens with zero attached hydrogens (tertiary/aromatic N) is 2. The average Bonchev–Trinajstić information content (AvgIpc) is 2.82. The lowest BCUT2D eigenvalue weighted by Crippen LogP contribution is -2.39. The molecule has 108 valence electrons. The largest absolute Gasteiger partial charge is 0.496 e. The molecule has 0 aliphatic carbocycles. The summed E-state index contributed by atoms with van der Waals surface area (Å²) < 4.78 is 6.52. The summed E-state index contributed by atoms with van der Waals surface area (Å²) in [5, 5.41) is 9.50. The highest BCUT2D eigenvalue weighted by molar-refractivity contribution is 9.10. The quantitative estimate of drug-likeness (QED) is 0.824. The molecule has 1 aliphatic rings. The predicted octanol–water partition coefficient (Wildman–Crippen LogP) is 3.80. The minimum Gasteiger partial charge on any atom is -0.496 e. The highest BCUT2D eigenvalue weighted by atomic mass is 79.9. The second kappa shape index (κ2) is 5.75. The summed E-state index contributed by atoms with van der Waals surface area (Å²) in [4.78, 5) is 2.38. The first-order valence-corrected chi connectivity index (χ1v) is 7.65. The van der Waals surface area contributed by atoms with Crippen molar-refractivity contribution in [1.29, 1.82) is 5.26 Å². The molecule has 1 aromatic carbocycles. The van der Waals surface area contributed by atoms with Crippen LogP contribution in [-0.4, -0.2) is 30.6 Å². The molecule has 2 atom stereocenters. The number of ether oxygens (including phenoxy) is 1. The van der Waals surface area contributed by atoms with Crippen molar-refractivity contribution in [3.8, 4) is 11.8 Å². The molecule has 0 spiro atoms. The van der Waals surface area contributed by atoms with E-state index in [0.29, 0.717) is 0 Å². The van der Waals surface area contributed by atoms with E-state index in [4.69, 9.17) is 4.74 Å². The lowest BCUT2D eigenvalue weighted by molar-refractivity contribution is 0.170. The lowest BCUT2D eigenvalue weighted by atomic mass is 9.89. The monoisotopic (exact) mass is 336 g/mol. The van der Waals surface area contributed by atoms with Crippen LogP contribution in [0.5, 0.6) is 5.75 Å². The third-order valence-corrected chi connectivity index (χ3v) is 4.73. The van der Waals surface area contributed by atoms with Gasteiger partial charge in [-0.25, -0.2) is 0 Å². The van der Waals surface area contributed by atoms with E-state index in [-0.39, 0.29) is 17.4 Å². The van der Waals surface area contributed by atoms with E-state index in [1.165, 1.54) is 0 Å². The summed E-state index contributed by atoms with van der Waals surface area (Å²) in [6, 6.07) is 8.42. The summed E-state index contributed by atoms with van der Waals surface area (Å²) in [5.74, 6) is 1.05. The third kappa shape index (κ3) is 2.84. The van der Waals surface area contributed by atoms with Gasteiger partial charge in [0.2, 0.25) is 0 Å². The average molecular weight is 337 g/mol. The van der Waals surface area contributed by atoms with Gasteiger partial charge in [-0.1, -0.05) is 22.0 Å². The van der Waals surface area contributed by atoms with Gasteiger partial charge in [0.05, 0.1) is 19.1 Å². The van der Waals surface area contributed by atoms with Gasteiger partial charge in [-0.15, -0.1) is 0 Å². The summed E-state index contributed by atoms with van der Waals surface area (Å²) in [6.45, 7) is 8.29. The summed E-state index contributed by atoms with van der Waals surface area (Å²) in [6.07, 6.45) is 0. The summed E-state index contributed by atoms with van der Waals surface area (Å²) in [5.41, 5.74) is 1.20. The predicted molar refractivity (Wildman–Crippen MR) is 83.9 cm³/mol. The summed E-state index contributed by atoms with van der Waals surface area (Å²) >= 11 is 3.62. The van der Waals surface area contributed by atoms with E-state index in [9.17, 15) is 5.26 Å². The Bertz CT molecular complexity index is 530. The van der Waals surface area contributed by atoms with E-state index >= 15 is 0 Å². The molecular weight excluding hydrogens is 316 g/mol. The van der Waals surface area contributed by atoms with Crippen LogP contribution in [0.1, 0.15) is 32.3 Å². The number of benzene rings is 1. The molecule has 2 rings (SSSR count). The van der Waals surface area contributed by atoms with Crippen molar-refractivity contribution < 1.29 is 4.74 Å². The number of methoxy groups -OCH3 is 1. The Morgan fingerprint density at radius 1 is 1.35 bits per heavy atom. The van der Waals surface area contributed by atoms with E-state index in [0.717, 1.165) is 28.9 Å². The Labute approximate surface area is 129 Å². The molecule has 0 radical (unpaired) electrons. The van der Waals surface area contributed by atoms with Crippen LogP contribution in [0.15, 0.2) is 22.7 Å². The van der Waals surface area contributed by atoms with Crippen molar-refractivity contribution in [2.45, 2.75) is 32.2 Å². The molecule has 0 bridgehead atoms. The number of hydrogen-bond acceptors (Lipinski definition) is 3. The molecule has 1 aromatic rings. The zero-order chi connectivity index (χ0) is 14.9. The Hall–Kier alpha value is -1.05. The maximum absolute atomic E-state index is 9.50. The van der Waals surface area contributed by atoms with Crippen LogP contribution in [0.4, 0.5) is 0 Å². The molecule has 1 heterocycles. The first kappa shape index (κ1) is 15.3. The van der Waals surface area contributed by atoms with Crippen molar-refractivity contribution in [3.05, 3.63) is 28.2 Å². The Morgan fingerprint density at radius 3 is 2.60 bits per heavy atom. The van der Waals surface area contributed by atoms with Crippen LogP contribution >= 0.6 is 15.9 Å². The highest BCUT2D eigenvalue weighted by Gasteiger charge is 2.40. The van der Waals surface area contributed by atoms with Crippen molar-refractivity contribution in [1.82, 2.24) is 4.90 Å². The minimum absolute atomic E-state index is 0.00169. The topological polar surface area (TPSA) is 36.3 Å². The molecular formula is C16H21BrN2O. The lowest BCUT2D eigenvalue weighted by Gasteiger charge is -2.31. The molecule has 1 aliphatic heterocycles. The van der Waals surface area contributed by atoms with Gasteiger partial charge in [0, 0.05) is 34.6 Å². The fraction of sp³-hybridized carbons (Fsp3) is 0.562. The molecule has 1 fully saturated rings.